The van der Waals surface area contributed by atoms with Crippen molar-refractivity contribution in [2.45, 2.75) is 38.6 Å². The minimum atomic E-state index is -0.0256. The van der Waals surface area contributed by atoms with Crippen LogP contribution in [0.2, 0.25) is 0 Å². The van der Waals surface area contributed by atoms with E-state index in [1.807, 2.05) is 19.1 Å². The molecule has 0 saturated heterocycles. The van der Waals surface area contributed by atoms with Gasteiger partial charge < -0.3 is 16.0 Å². The van der Waals surface area contributed by atoms with E-state index in [1.54, 1.807) is 6.07 Å². The highest BCUT2D eigenvalue weighted by atomic mass is 16.1. The first-order valence-electron chi connectivity index (χ1n) is 7.04. The Morgan fingerprint density at radius 3 is 2.74 bits per heavy atom. The van der Waals surface area contributed by atoms with Gasteiger partial charge in [0.1, 0.15) is 0 Å². The van der Waals surface area contributed by atoms with Gasteiger partial charge in [-0.1, -0.05) is 12.8 Å². The molecule has 0 bridgehead atoms. The number of nitrogens with one attached hydrogen (secondary N) is 1. The summed E-state index contributed by atoms with van der Waals surface area (Å²) in [6, 6.07) is 6.04. The van der Waals surface area contributed by atoms with Gasteiger partial charge in [-0.15, -0.1) is 0 Å². The van der Waals surface area contributed by atoms with Crippen LogP contribution in [0.25, 0.3) is 0 Å². The fourth-order valence-electron chi connectivity index (χ4n) is 2.78. The highest BCUT2D eigenvalue weighted by Crippen LogP contribution is 2.30. The van der Waals surface area contributed by atoms with E-state index < -0.39 is 0 Å². The Hall–Kier alpha value is -1.71. The van der Waals surface area contributed by atoms with Gasteiger partial charge in [-0.25, -0.2) is 0 Å². The molecule has 4 nitrogen and oxygen atoms in total. The summed E-state index contributed by atoms with van der Waals surface area (Å²) in [5.74, 6) is -0.0256. The second-order valence-electron chi connectivity index (χ2n) is 5.19. The zero-order valence-corrected chi connectivity index (χ0v) is 11.8. The van der Waals surface area contributed by atoms with Crippen LogP contribution >= 0.6 is 0 Å². The van der Waals surface area contributed by atoms with Gasteiger partial charge in [-0.2, -0.15) is 0 Å². The molecule has 104 valence electrons. The maximum Gasteiger partial charge on any atom is 0.253 e. The molecule has 0 aliphatic heterocycles. The van der Waals surface area contributed by atoms with E-state index in [1.165, 1.54) is 25.7 Å². The van der Waals surface area contributed by atoms with E-state index >= 15 is 0 Å². The van der Waals surface area contributed by atoms with E-state index in [9.17, 15) is 4.79 Å². The third-order valence-corrected chi connectivity index (χ3v) is 3.86. The third-order valence-electron chi connectivity index (χ3n) is 3.86. The first-order valence-corrected chi connectivity index (χ1v) is 7.04. The number of carbonyl (C=O) groups excluding carboxylic acids is 1. The van der Waals surface area contributed by atoms with Gasteiger partial charge in [0.15, 0.2) is 0 Å². The van der Waals surface area contributed by atoms with E-state index in [2.05, 4.69) is 17.3 Å². The van der Waals surface area contributed by atoms with E-state index in [-0.39, 0.29) is 5.91 Å². The summed E-state index contributed by atoms with van der Waals surface area (Å²) in [5, 5.41) is 2.86. The van der Waals surface area contributed by atoms with Gasteiger partial charge >= 0.3 is 0 Å². The van der Waals surface area contributed by atoms with Gasteiger partial charge in [0.25, 0.3) is 5.91 Å². The van der Waals surface area contributed by atoms with Gasteiger partial charge in [0.2, 0.25) is 0 Å². The molecule has 19 heavy (non-hydrogen) atoms. The maximum atomic E-state index is 12.1. The largest absolute Gasteiger partial charge is 0.399 e. The van der Waals surface area contributed by atoms with Crippen LogP contribution in [0.3, 0.4) is 0 Å². The molecule has 1 saturated carbocycles. The summed E-state index contributed by atoms with van der Waals surface area (Å²) >= 11 is 0. The molecule has 0 atom stereocenters. The van der Waals surface area contributed by atoms with Crippen molar-refractivity contribution in [1.82, 2.24) is 5.32 Å². The first kappa shape index (κ1) is 13.7. The lowest BCUT2D eigenvalue weighted by Crippen LogP contribution is -2.32. The Bertz CT molecular complexity index is 453. The molecule has 1 amide bonds. The molecule has 0 heterocycles. The minimum absolute atomic E-state index is 0.0256. The number of amides is 1. The normalized spacial score (nSPS) is 15.5. The van der Waals surface area contributed by atoms with Crippen molar-refractivity contribution < 1.29 is 4.79 Å². The molecular weight excluding hydrogens is 238 g/mol. The van der Waals surface area contributed by atoms with Crippen LogP contribution in [0.15, 0.2) is 18.2 Å². The summed E-state index contributed by atoms with van der Waals surface area (Å²) in [4.78, 5) is 14.3. The second kappa shape index (κ2) is 5.95. The Kier molecular flexibility index (Phi) is 4.30. The molecule has 3 N–H and O–H groups in total. The van der Waals surface area contributed by atoms with E-state index in [0.717, 1.165) is 5.69 Å². The van der Waals surface area contributed by atoms with Crippen LogP contribution < -0.4 is 16.0 Å². The van der Waals surface area contributed by atoms with Crippen LogP contribution in [-0.2, 0) is 0 Å². The van der Waals surface area contributed by atoms with Crippen LogP contribution in [0.5, 0.6) is 0 Å². The Balaban J connectivity index is 2.30. The van der Waals surface area contributed by atoms with Crippen molar-refractivity contribution in [2.24, 2.45) is 0 Å². The van der Waals surface area contributed by atoms with Gasteiger partial charge in [0.05, 0.1) is 11.3 Å². The summed E-state index contributed by atoms with van der Waals surface area (Å²) in [6.45, 7) is 2.56. The summed E-state index contributed by atoms with van der Waals surface area (Å²) in [7, 11) is 2.06. The predicted molar refractivity (Wildman–Crippen MR) is 79.5 cm³/mol. The van der Waals surface area contributed by atoms with Crippen LogP contribution in [0.1, 0.15) is 43.0 Å². The fraction of sp³-hybridized carbons (Fsp3) is 0.533. The molecule has 1 aromatic rings. The fourth-order valence-corrected chi connectivity index (χ4v) is 2.78. The third kappa shape index (κ3) is 3.00. The first-order chi connectivity index (χ1) is 9.13. The van der Waals surface area contributed by atoms with Crippen LogP contribution in [0.4, 0.5) is 11.4 Å². The van der Waals surface area contributed by atoms with Crippen LogP contribution in [-0.4, -0.2) is 25.5 Å². The minimum Gasteiger partial charge on any atom is -0.399 e. The Morgan fingerprint density at radius 2 is 2.11 bits per heavy atom. The molecule has 4 heteroatoms. The topological polar surface area (TPSA) is 58.4 Å². The summed E-state index contributed by atoms with van der Waals surface area (Å²) < 4.78 is 0. The molecular formula is C15H23N3O. The van der Waals surface area contributed by atoms with Crippen molar-refractivity contribution in [3.63, 3.8) is 0 Å². The number of anilines is 2. The smallest absolute Gasteiger partial charge is 0.253 e. The number of nitrogens with zero attached hydrogens (tertiary/aromatic N) is 1. The molecule has 1 aliphatic rings. The number of carbonyl (C=O) groups is 1. The van der Waals surface area contributed by atoms with Crippen molar-refractivity contribution in [1.29, 1.82) is 0 Å². The molecule has 0 spiro atoms. The monoisotopic (exact) mass is 261 g/mol. The number of benzene rings is 1. The maximum absolute atomic E-state index is 12.1. The second-order valence-corrected chi connectivity index (χ2v) is 5.19. The number of nitrogens with two attached hydrogens (primary N) is 1. The average Bonchev–Trinajstić information content (AvgIpc) is 2.91. The molecule has 1 aromatic carbocycles. The quantitative estimate of drug-likeness (QED) is 0.818. The highest BCUT2D eigenvalue weighted by molar-refractivity contribution is 6.00. The Morgan fingerprint density at radius 1 is 1.42 bits per heavy atom. The molecule has 1 aliphatic carbocycles. The average molecular weight is 261 g/mol. The molecule has 0 unspecified atom stereocenters. The molecule has 0 radical (unpaired) electrons. The van der Waals surface area contributed by atoms with Gasteiger partial charge in [-0.05, 0) is 38.0 Å². The lowest BCUT2D eigenvalue weighted by molar-refractivity contribution is 0.0956. The van der Waals surface area contributed by atoms with Crippen molar-refractivity contribution in [3.8, 4) is 0 Å². The van der Waals surface area contributed by atoms with Crippen LogP contribution in [0, 0.1) is 0 Å². The highest BCUT2D eigenvalue weighted by Gasteiger charge is 2.23. The lowest BCUT2D eigenvalue weighted by Gasteiger charge is -2.28. The molecule has 2 rings (SSSR count). The van der Waals surface area contributed by atoms with Crippen molar-refractivity contribution in [2.75, 3.05) is 24.2 Å². The predicted octanol–water partition coefficient (Wildman–Crippen LogP) is 2.40. The summed E-state index contributed by atoms with van der Waals surface area (Å²) in [5.41, 5.74) is 8.24. The van der Waals surface area contributed by atoms with Crippen molar-refractivity contribution in [3.05, 3.63) is 23.8 Å². The van der Waals surface area contributed by atoms with Gasteiger partial charge in [0, 0.05) is 25.3 Å². The Labute approximate surface area is 115 Å². The zero-order chi connectivity index (χ0) is 13.8. The lowest BCUT2D eigenvalue weighted by atomic mass is 10.1. The number of rotatable bonds is 4. The standard InChI is InChI=1S/C15H23N3O/c1-3-17-15(19)13-9-8-11(16)10-14(13)18(2)12-6-4-5-7-12/h8-10,12H,3-7,16H2,1-2H3,(H,17,19). The zero-order valence-electron chi connectivity index (χ0n) is 11.8. The SMILES string of the molecule is CCNC(=O)c1ccc(N)cc1N(C)C1CCCC1. The van der Waals surface area contributed by atoms with Gasteiger partial charge in [-0.3, -0.25) is 4.79 Å². The van der Waals surface area contributed by atoms with E-state index in [0.29, 0.717) is 23.8 Å². The number of hydrogen-bond donors (Lipinski definition) is 2. The number of nitrogen functional groups attached to an aromatic ring is 1. The van der Waals surface area contributed by atoms with Crippen molar-refractivity contribution >= 4 is 17.3 Å². The molecule has 1 fully saturated rings. The van der Waals surface area contributed by atoms with E-state index in [4.69, 9.17) is 5.73 Å². The summed E-state index contributed by atoms with van der Waals surface area (Å²) in [6.07, 6.45) is 4.93. The number of hydrogen-bond acceptors (Lipinski definition) is 3. The molecule has 0 aromatic heterocycles.